The van der Waals surface area contributed by atoms with Crippen LogP contribution in [-0.4, -0.2) is 21.1 Å². The van der Waals surface area contributed by atoms with Gasteiger partial charge in [0.25, 0.3) is 0 Å². The summed E-state index contributed by atoms with van der Waals surface area (Å²) in [7, 11) is 0. The number of pyridine rings is 1. The molecule has 0 radical (unpaired) electrons. The molecule has 0 bridgehead atoms. The molecule has 0 aliphatic rings. The van der Waals surface area contributed by atoms with Crippen molar-refractivity contribution in [2.24, 2.45) is 0 Å². The molecule has 0 saturated heterocycles. The number of nitrogens with zero attached hydrogens (tertiary/aromatic N) is 3. The van der Waals surface area contributed by atoms with Crippen LogP contribution in [0.15, 0.2) is 30.9 Å². The summed E-state index contributed by atoms with van der Waals surface area (Å²) in [6.07, 6.45) is 7.56. The van der Waals surface area contributed by atoms with Crippen LogP contribution in [0.3, 0.4) is 0 Å². The van der Waals surface area contributed by atoms with E-state index in [9.17, 15) is 4.39 Å². The Morgan fingerprint density at radius 3 is 2.89 bits per heavy atom. The maximum atomic E-state index is 13.9. The smallest absolute Gasteiger partial charge is 0.146 e. The first-order valence-corrected chi connectivity index (χ1v) is 6.61. The average molecular weight is 262 g/mol. The standard InChI is InChI=1S/C14H19FN4/c1-3-8-19-9-7-18-14(19)13(17-4-2)11-5-6-16-10-12(11)15/h5-7,9-10,13,17H,3-4,8H2,1-2H3. The van der Waals surface area contributed by atoms with Crippen molar-refractivity contribution < 1.29 is 4.39 Å². The van der Waals surface area contributed by atoms with Crippen molar-refractivity contribution in [3.8, 4) is 0 Å². The molecule has 0 aliphatic carbocycles. The summed E-state index contributed by atoms with van der Waals surface area (Å²) in [5, 5.41) is 3.29. The lowest BCUT2D eigenvalue weighted by Crippen LogP contribution is -2.26. The van der Waals surface area contributed by atoms with Crippen LogP contribution in [0.2, 0.25) is 0 Å². The van der Waals surface area contributed by atoms with Crippen LogP contribution in [0, 0.1) is 5.82 Å². The van der Waals surface area contributed by atoms with E-state index in [1.54, 1.807) is 18.5 Å². The Bertz CT molecular complexity index is 524. The van der Waals surface area contributed by atoms with Crippen molar-refractivity contribution in [1.82, 2.24) is 19.9 Å². The van der Waals surface area contributed by atoms with Gasteiger partial charge in [0.1, 0.15) is 11.6 Å². The maximum Gasteiger partial charge on any atom is 0.146 e. The van der Waals surface area contributed by atoms with Gasteiger partial charge in [0.2, 0.25) is 0 Å². The van der Waals surface area contributed by atoms with Gasteiger partial charge in [-0.2, -0.15) is 0 Å². The second kappa shape index (κ2) is 6.43. The topological polar surface area (TPSA) is 42.7 Å². The number of aromatic nitrogens is 3. The molecule has 1 N–H and O–H groups in total. The van der Waals surface area contributed by atoms with E-state index >= 15 is 0 Å². The predicted molar refractivity (Wildman–Crippen MR) is 72.2 cm³/mol. The molecule has 5 heteroatoms. The molecule has 0 amide bonds. The van der Waals surface area contributed by atoms with Crippen molar-refractivity contribution >= 4 is 0 Å². The zero-order chi connectivity index (χ0) is 13.7. The van der Waals surface area contributed by atoms with Crippen LogP contribution in [0.1, 0.15) is 37.7 Å². The van der Waals surface area contributed by atoms with Gasteiger partial charge < -0.3 is 9.88 Å². The van der Waals surface area contributed by atoms with Gasteiger partial charge in [-0.15, -0.1) is 0 Å². The molecular formula is C14H19FN4. The lowest BCUT2D eigenvalue weighted by molar-refractivity contribution is 0.512. The van der Waals surface area contributed by atoms with E-state index in [0.29, 0.717) is 5.56 Å². The zero-order valence-corrected chi connectivity index (χ0v) is 11.3. The Morgan fingerprint density at radius 1 is 1.37 bits per heavy atom. The van der Waals surface area contributed by atoms with E-state index < -0.39 is 0 Å². The van der Waals surface area contributed by atoms with E-state index in [2.05, 4.69) is 26.8 Å². The van der Waals surface area contributed by atoms with Gasteiger partial charge in [-0.3, -0.25) is 4.98 Å². The third-order valence-corrected chi connectivity index (χ3v) is 2.99. The lowest BCUT2D eigenvalue weighted by Gasteiger charge is -2.19. The molecule has 2 rings (SSSR count). The summed E-state index contributed by atoms with van der Waals surface area (Å²) in [4.78, 5) is 8.18. The number of rotatable bonds is 6. The Labute approximate surface area is 112 Å². The predicted octanol–water partition coefficient (Wildman–Crippen LogP) is 2.53. The highest BCUT2D eigenvalue weighted by molar-refractivity contribution is 5.24. The van der Waals surface area contributed by atoms with Crippen molar-refractivity contribution in [2.75, 3.05) is 6.54 Å². The molecule has 1 atom stereocenters. The summed E-state index contributed by atoms with van der Waals surface area (Å²) >= 11 is 0. The highest BCUT2D eigenvalue weighted by atomic mass is 19.1. The highest BCUT2D eigenvalue weighted by Crippen LogP contribution is 2.22. The fraction of sp³-hybridized carbons (Fsp3) is 0.429. The second-order valence-electron chi connectivity index (χ2n) is 4.37. The molecule has 0 fully saturated rings. The van der Waals surface area contributed by atoms with Crippen molar-refractivity contribution in [3.63, 3.8) is 0 Å². The van der Waals surface area contributed by atoms with Gasteiger partial charge in [-0.1, -0.05) is 13.8 Å². The van der Waals surface area contributed by atoms with Crippen molar-refractivity contribution in [1.29, 1.82) is 0 Å². The monoisotopic (exact) mass is 262 g/mol. The third kappa shape index (κ3) is 2.98. The van der Waals surface area contributed by atoms with Gasteiger partial charge in [-0.05, 0) is 19.0 Å². The van der Waals surface area contributed by atoms with Gasteiger partial charge in [0.05, 0.1) is 12.2 Å². The van der Waals surface area contributed by atoms with Gasteiger partial charge in [0, 0.05) is 30.7 Å². The first-order valence-electron chi connectivity index (χ1n) is 6.61. The number of aryl methyl sites for hydroxylation is 1. The lowest BCUT2D eigenvalue weighted by atomic mass is 10.1. The number of halogens is 1. The molecule has 102 valence electrons. The third-order valence-electron chi connectivity index (χ3n) is 2.99. The first kappa shape index (κ1) is 13.7. The van der Waals surface area contributed by atoms with E-state index in [0.717, 1.165) is 25.3 Å². The van der Waals surface area contributed by atoms with Gasteiger partial charge >= 0.3 is 0 Å². The molecule has 4 nitrogen and oxygen atoms in total. The van der Waals surface area contributed by atoms with Crippen LogP contribution in [0.5, 0.6) is 0 Å². The summed E-state index contributed by atoms with van der Waals surface area (Å²) in [5.41, 5.74) is 0.584. The fourth-order valence-corrected chi connectivity index (χ4v) is 2.18. The first-order chi connectivity index (χ1) is 9.27. The van der Waals surface area contributed by atoms with E-state index in [1.165, 1.54) is 6.20 Å². The summed E-state index contributed by atoms with van der Waals surface area (Å²) in [6, 6.07) is 1.46. The Balaban J connectivity index is 2.40. The highest BCUT2D eigenvalue weighted by Gasteiger charge is 2.21. The summed E-state index contributed by atoms with van der Waals surface area (Å²) in [5.74, 6) is 0.535. The van der Waals surface area contributed by atoms with E-state index in [1.807, 2.05) is 13.1 Å². The van der Waals surface area contributed by atoms with Crippen LogP contribution in [0.25, 0.3) is 0 Å². The van der Waals surface area contributed by atoms with Crippen LogP contribution in [0.4, 0.5) is 4.39 Å². The quantitative estimate of drug-likeness (QED) is 0.870. The number of nitrogens with one attached hydrogen (secondary N) is 1. The Kier molecular flexibility index (Phi) is 4.63. The Morgan fingerprint density at radius 2 is 2.21 bits per heavy atom. The molecule has 0 saturated carbocycles. The van der Waals surface area contributed by atoms with Crippen molar-refractivity contribution in [2.45, 2.75) is 32.9 Å². The molecule has 2 aromatic heterocycles. The SMILES string of the molecule is CCCn1ccnc1C(NCC)c1ccncc1F. The minimum Gasteiger partial charge on any atom is -0.333 e. The maximum absolute atomic E-state index is 13.9. The minimum absolute atomic E-state index is 0.241. The minimum atomic E-state index is -0.306. The number of imidazole rings is 1. The number of hydrogen-bond acceptors (Lipinski definition) is 3. The summed E-state index contributed by atoms with van der Waals surface area (Å²) in [6.45, 7) is 5.73. The van der Waals surface area contributed by atoms with Gasteiger partial charge in [-0.25, -0.2) is 9.37 Å². The second-order valence-corrected chi connectivity index (χ2v) is 4.37. The Hall–Kier alpha value is -1.75. The van der Waals surface area contributed by atoms with E-state index in [-0.39, 0.29) is 11.9 Å². The zero-order valence-electron chi connectivity index (χ0n) is 11.3. The summed E-state index contributed by atoms with van der Waals surface area (Å²) < 4.78 is 16.0. The van der Waals surface area contributed by atoms with Crippen LogP contribution in [-0.2, 0) is 6.54 Å². The molecule has 0 aliphatic heterocycles. The van der Waals surface area contributed by atoms with Gasteiger partial charge in [0.15, 0.2) is 0 Å². The largest absolute Gasteiger partial charge is 0.333 e. The van der Waals surface area contributed by atoms with Crippen molar-refractivity contribution in [3.05, 3.63) is 48.1 Å². The van der Waals surface area contributed by atoms with E-state index in [4.69, 9.17) is 0 Å². The fourth-order valence-electron chi connectivity index (χ4n) is 2.18. The van der Waals surface area contributed by atoms with Crippen LogP contribution < -0.4 is 5.32 Å². The molecule has 19 heavy (non-hydrogen) atoms. The number of hydrogen-bond donors (Lipinski definition) is 1. The molecule has 0 spiro atoms. The molecule has 2 heterocycles. The molecular weight excluding hydrogens is 243 g/mol. The normalized spacial score (nSPS) is 12.6. The molecule has 1 unspecified atom stereocenters. The average Bonchev–Trinajstić information content (AvgIpc) is 2.86. The van der Waals surface area contributed by atoms with Crippen LogP contribution >= 0.6 is 0 Å². The molecule has 2 aromatic rings. The molecule has 0 aromatic carbocycles.